The van der Waals surface area contributed by atoms with Crippen LogP contribution in [0.2, 0.25) is 0 Å². The molecular formula is C24H29N3O2. The van der Waals surface area contributed by atoms with Crippen LogP contribution in [0.15, 0.2) is 52.9 Å². The van der Waals surface area contributed by atoms with E-state index in [1.54, 1.807) is 6.07 Å². The summed E-state index contributed by atoms with van der Waals surface area (Å²) in [5, 5.41) is 3.04. The molecule has 0 aliphatic carbocycles. The summed E-state index contributed by atoms with van der Waals surface area (Å²) < 4.78 is 5.88. The van der Waals surface area contributed by atoms with E-state index in [0.717, 1.165) is 24.0 Å². The summed E-state index contributed by atoms with van der Waals surface area (Å²) in [6.45, 7) is 4.15. The van der Waals surface area contributed by atoms with Crippen LogP contribution in [0.25, 0.3) is 11.1 Å². The van der Waals surface area contributed by atoms with Crippen LogP contribution in [-0.4, -0.2) is 42.0 Å². The van der Waals surface area contributed by atoms with Crippen LogP contribution in [0.3, 0.4) is 0 Å². The van der Waals surface area contributed by atoms with Crippen molar-refractivity contribution in [3.63, 3.8) is 0 Å². The van der Waals surface area contributed by atoms with Gasteiger partial charge in [0.2, 0.25) is 0 Å². The molecular weight excluding hydrogens is 362 g/mol. The molecule has 0 spiro atoms. The minimum absolute atomic E-state index is 0.0521. The lowest BCUT2D eigenvalue weighted by Crippen LogP contribution is -2.30. The maximum Gasteiger partial charge on any atom is 0.251 e. The molecule has 3 aromatic rings. The molecule has 0 atom stereocenters. The van der Waals surface area contributed by atoms with Crippen LogP contribution < -0.4 is 5.32 Å². The lowest BCUT2D eigenvalue weighted by molar-refractivity contribution is 0.0951. The van der Waals surface area contributed by atoms with Crippen LogP contribution >= 0.6 is 0 Å². The Morgan fingerprint density at radius 2 is 1.83 bits per heavy atom. The van der Waals surface area contributed by atoms with Gasteiger partial charge in [0.1, 0.15) is 5.52 Å². The van der Waals surface area contributed by atoms with Crippen LogP contribution in [0, 0.1) is 0 Å². The molecule has 5 heteroatoms. The molecule has 5 nitrogen and oxygen atoms in total. The first-order valence-corrected chi connectivity index (χ1v) is 10.7. The highest BCUT2D eigenvalue weighted by atomic mass is 16.3. The Hall–Kier alpha value is -2.66. The number of likely N-dealkylation sites (tertiary alicyclic amines) is 1. The smallest absolute Gasteiger partial charge is 0.251 e. The van der Waals surface area contributed by atoms with E-state index in [4.69, 9.17) is 4.42 Å². The molecule has 2 heterocycles. The fourth-order valence-electron chi connectivity index (χ4n) is 3.93. The van der Waals surface area contributed by atoms with Gasteiger partial charge < -0.3 is 14.6 Å². The fraction of sp³-hybridized carbons (Fsp3) is 0.417. The minimum Gasteiger partial charge on any atom is -0.440 e. The average Bonchev–Trinajstić information content (AvgIpc) is 2.95. The van der Waals surface area contributed by atoms with Gasteiger partial charge in [-0.25, -0.2) is 4.98 Å². The molecule has 0 radical (unpaired) electrons. The molecule has 2 aromatic carbocycles. The van der Waals surface area contributed by atoms with Gasteiger partial charge in [0.25, 0.3) is 5.91 Å². The van der Waals surface area contributed by atoms with Crippen molar-refractivity contribution >= 4 is 17.0 Å². The van der Waals surface area contributed by atoms with E-state index in [1.165, 1.54) is 38.8 Å². The quantitative estimate of drug-likeness (QED) is 0.606. The number of carbonyl (C=O) groups excluding carboxylic acids is 1. The molecule has 29 heavy (non-hydrogen) atoms. The molecule has 1 aliphatic heterocycles. The van der Waals surface area contributed by atoms with Crippen LogP contribution in [-0.2, 0) is 6.42 Å². The second kappa shape index (κ2) is 9.70. The predicted molar refractivity (Wildman–Crippen MR) is 115 cm³/mol. The van der Waals surface area contributed by atoms with Gasteiger partial charge in [0.15, 0.2) is 11.5 Å². The third kappa shape index (κ3) is 5.45. The van der Waals surface area contributed by atoms with Gasteiger partial charge in [-0.1, -0.05) is 43.2 Å². The van der Waals surface area contributed by atoms with E-state index in [0.29, 0.717) is 30.0 Å². The second-order valence-corrected chi connectivity index (χ2v) is 7.82. The Labute approximate surface area is 172 Å². The van der Waals surface area contributed by atoms with Gasteiger partial charge in [-0.05, 0) is 62.7 Å². The Balaban J connectivity index is 1.30. The van der Waals surface area contributed by atoms with E-state index >= 15 is 0 Å². The summed E-state index contributed by atoms with van der Waals surface area (Å²) in [7, 11) is 0. The number of nitrogens with one attached hydrogen (secondary N) is 1. The van der Waals surface area contributed by atoms with E-state index < -0.39 is 0 Å². The molecule has 1 N–H and O–H groups in total. The highest BCUT2D eigenvalue weighted by molar-refractivity contribution is 5.97. The molecule has 1 aromatic heterocycles. The first kappa shape index (κ1) is 19.6. The fourth-order valence-corrected chi connectivity index (χ4v) is 3.93. The molecule has 4 rings (SSSR count). The molecule has 0 saturated carbocycles. The van der Waals surface area contributed by atoms with E-state index in [9.17, 15) is 4.79 Å². The molecule has 152 valence electrons. The summed E-state index contributed by atoms with van der Waals surface area (Å²) in [4.78, 5) is 19.6. The number of nitrogens with zero attached hydrogens (tertiary/aromatic N) is 2. The van der Waals surface area contributed by atoms with Gasteiger partial charge in [0, 0.05) is 18.5 Å². The normalized spacial score (nSPS) is 15.3. The average molecular weight is 392 g/mol. The number of benzene rings is 2. The standard InChI is InChI=1S/C24H29N3O2/c28-24(25-13-8-16-27-14-6-1-2-7-15-27)20-11-12-21-22(18-20)29-23(26-21)17-19-9-4-3-5-10-19/h3-5,9-12,18H,1-2,6-8,13-17H2,(H,25,28). The van der Waals surface area contributed by atoms with Gasteiger partial charge in [-0.3, -0.25) is 4.79 Å². The summed E-state index contributed by atoms with van der Waals surface area (Å²) in [6.07, 6.45) is 6.94. The van der Waals surface area contributed by atoms with Crippen molar-refractivity contribution < 1.29 is 9.21 Å². The topological polar surface area (TPSA) is 58.4 Å². The Morgan fingerprint density at radius 1 is 1.03 bits per heavy atom. The number of aromatic nitrogens is 1. The number of amides is 1. The van der Waals surface area contributed by atoms with Crippen molar-refractivity contribution in [1.29, 1.82) is 0 Å². The molecule has 0 unspecified atom stereocenters. The van der Waals surface area contributed by atoms with Crippen molar-refractivity contribution in [2.24, 2.45) is 0 Å². The van der Waals surface area contributed by atoms with Crippen LogP contribution in [0.4, 0.5) is 0 Å². The molecule has 1 amide bonds. The highest BCUT2D eigenvalue weighted by Gasteiger charge is 2.12. The predicted octanol–water partition coefficient (Wildman–Crippen LogP) is 4.41. The molecule has 0 bridgehead atoms. The van der Waals surface area contributed by atoms with Gasteiger partial charge in [-0.2, -0.15) is 0 Å². The second-order valence-electron chi connectivity index (χ2n) is 7.82. The van der Waals surface area contributed by atoms with Crippen molar-refractivity contribution in [3.8, 4) is 0 Å². The summed E-state index contributed by atoms with van der Waals surface area (Å²) >= 11 is 0. The number of hydrogen-bond acceptors (Lipinski definition) is 4. The third-order valence-electron chi connectivity index (χ3n) is 5.53. The molecule has 1 aliphatic rings. The molecule has 1 saturated heterocycles. The van der Waals surface area contributed by atoms with Crippen LogP contribution in [0.1, 0.15) is 53.9 Å². The number of hydrogen-bond donors (Lipinski definition) is 1. The van der Waals surface area contributed by atoms with Gasteiger partial charge in [-0.15, -0.1) is 0 Å². The summed E-state index contributed by atoms with van der Waals surface area (Å²) in [5.41, 5.74) is 3.22. The lowest BCUT2D eigenvalue weighted by Gasteiger charge is -2.19. The minimum atomic E-state index is -0.0521. The Kier molecular flexibility index (Phi) is 6.57. The number of rotatable bonds is 7. The lowest BCUT2D eigenvalue weighted by atomic mass is 10.1. The van der Waals surface area contributed by atoms with Crippen molar-refractivity contribution in [2.45, 2.75) is 38.5 Å². The third-order valence-corrected chi connectivity index (χ3v) is 5.53. The van der Waals surface area contributed by atoms with Crippen molar-refractivity contribution in [1.82, 2.24) is 15.2 Å². The monoisotopic (exact) mass is 391 g/mol. The highest BCUT2D eigenvalue weighted by Crippen LogP contribution is 2.19. The van der Waals surface area contributed by atoms with Crippen molar-refractivity contribution in [3.05, 3.63) is 65.5 Å². The maximum absolute atomic E-state index is 12.5. The van der Waals surface area contributed by atoms with E-state index in [1.807, 2.05) is 30.3 Å². The largest absolute Gasteiger partial charge is 0.440 e. The van der Waals surface area contributed by atoms with Gasteiger partial charge in [0.05, 0.1) is 0 Å². The molecule has 1 fully saturated rings. The summed E-state index contributed by atoms with van der Waals surface area (Å²) in [6, 6.07) is 15.6. The van der Waals surface area contributed by atoms with Crippen molar-refractivity contribution in [2.75, 3.05) is 26.2 Å². The number of fused-ring (bicyclic) bond motifs is 1. The summed E-state index contributed by atoms with van der Waals surface area (Å²) in [5.74, 6) is 0.616. The maximum atomic E-state index is 12.5. The van der Waals surface area contributed by atoms with E-state index in [2.05, 4.69) is 27.3 Å². The zero-order chi connectivity index (χ0) is 19.9. The Bertz CT molecular complexity index is 928. The SMILES string of the molecule is O=C(NCCCN1CCCCCC1)c1ccc2nc(Cc3ccccc3)oc2c1. The van der Waals surface area contributed by atoms with Gasteiger partial charge >= 0.3 is 0 Å². The van der Waals surface area contributed by atoms with Crippen LogP contribution in [0.5, 0.6) is 0 Å². The number of carbonyl (C=O) groups is 1. The first-order valence-electron chi connectivity index (χ1n) is 10.7. The van der Waals surface area contributed by atoms with E-state index in [-0.39, 0.29) is 5.91 Å². The Morgan fingerprint density at radius 3 is 2.62 bits per heavy atom. The zero-order valence-corrected chi connectivity index (χ0v) is 16.9. The zero-order valence-electron chi connectivity index (χ0n) is 16.9. The first-order chi connectivity index (χ1) is 14.3. The number of oxazole rings is 1.